The molecule has 1 amide bonds. The molecule has 0 atom stereocenters. The van der Waals surface area contributed by atoms with Gasteiger partial charge in [-0.05, 0) is 27.7 Å². The van der Waals surface area contributed by atoms with Crippen molar-refractivity contribution in [3.8, 4) is 0 Å². The van der Waals surface area contributed by atoms with Crippen LogP contribution in [0.25, 0.3) is 0 Å². The molecule has 4 nitrogen and oxygen atoms in total. The van der Waals surface area contributed by atoms with Gasteiger partial charge in [0.2, 0.25) is 5.91 Å². The number of carbonyl (C=O) groups excluding carboxylic acids is 2. The number of esters is 1. The summed E-state index contributed by atoms with van der Waals surface area (Å²) in [5.41, 5.74) is -0.423. The second-order valence-corrected chi connectivity index (χ2v) is 3.91. The molecule has 0 saturated heterocycles. The second-order valence-electron chi connectivity index (χ2n) is 3.91. The van der Waals surface area contributed by atoms with Crippen LogP contribution in [-0.2, 0) is 14.3 Å². The minimum atomic E-state index is -1.06. The molecule has 0 radical (unpaired) electrons. The van der Waals surface area contributed by atoms with E-state index in [2.05, 4.69) is 18.5 Å². The molecule has 0 heterocycles. The van der Waals surface area contributed by atoms with Crippen LogP contribution in [0.1, 0.15) is 27.7 Å². The summed E-state index contributed by atoms with van der Waals surface area (Å²) in [5.74, 6) is -0.892. The van der Waals surface area contributed by atoms with Crippen molar-refractivity contribution in [3.05, 3.63) is 24.3 Å². The van der Waals surface area contributed by atoms with E-state index in [0.717, 1.165) is 0 Å². The van der Waals surface area contributed by atoms with Crippen molar-refractivity contribution < 1.29 is 14.3 Å². The summed E-state index contributed by atoms with van der Waals surface area (Å²) < 4.78 is 5.01. The SMILES string of the molecule is C=C(C)C(=O)NC(C)(C)OC(=O)C(=C)C. The lowest BCUT2D eigenvalue weighted by Crippen LogP contribution is -2.47. The lowest BCUT2D eigenvalue weighted by atomic mass is 10.2. The van der Waals surface area contributed by atoms with E-state index in [0.29, 0.717) is 5.57 Å². The van der Waals surface area contributed by atoms with Gasteiger partial charge < -0.3 is 10.1 Å². The van der Waals surface area contributed by atoms with E-state index in [-0.39, 0.29) is 11.5 Å². The van der Waals surface area contributed by atoms with Crippen molar-refractivity contribution in [1.82, 2.24) is 5.32 Å². The first-order valence-corrected chi connectivity index (χ1v) is 4.52. The van der Waals surface area contributed by atoms with Gasteiger partial charge in [-0.1, -0.05) is 13.2 Å². The average molecular weight is 211 g/mol. The Labute approximate surface area is 90.0 Å². The highest BCUT2D eigenvalue weighted by atomic mass is 16.6. The molecule has 0 aromatic heterocycles. The zero-order valence-electron chi connectivity index (χ0n) is 9.64. The van der Waals surface area contributed by atoms with Crippen LogP contribution < -0.4 is 5.32 Å². The van der Waals surface area contributed by atoms with Crippen LogP contribution in [0.15, 0.2) is 24.3 Å². The maximum Gasteiger partial charge on any atom is 0.335 e. The van der Waals surface area contributed by atoms with E-state index in [1.165, 1.54) is 0 Å². The molecular formula is C11H17NO3. The molecule has 0 aromatic rings. The van der Waals surface area contributed by atoms with E-state index in [1.807, 2.05) is 0 Å². The Balaban J connectivity index is 4.43. The molecule has 0 aromatic carbocycles. The van der Waals surface area contributed by atoms with Crippen LogP contribution >= 0.6 is 0 Å². The average Bonchev–Trinajstić information content (AvgIpc) is 2.01. The van der Waals surface area contributed by atoms with Gasteiger partial charge in [0.05, 0.1) is 0 Å². The predicted octanol–water partition coefficient (Wildman–Crippen LogP) is 1.53. The summed E-state index contributed by atoms with van der Waals surface area (Å²) in [6.07, 6.45) is 0. The Morgan fingerprint density at radius 2 is 1.60 bits per heavy atom. The van der Waals surface area contributed by atoms with Crippen molar-refractivity contribution >= 4 is 11.9 Å². The maximum atomic E-state index is 11.3. The van der Waals surface area contributed by atoms with Crippen LogP contribution in [0.2, 0.25) is 0 Å². The highest BCUT2D eigenvalue weighted by Crippen LogP contribution is 2.08. The summed E-state index contributed by atoms with van der Waals surface area (Å²) in [4.78, 5) is 22.5. The lowest BCUT2D eigenvalue weighted by Gasteiger charge is -2.26. The number of ether oxygens (including phenoxy) is 1. The van der Waals surface area contributed by atoms with Crippen LogP contribution in [0.5, 0.6) is 0 Å². The fourth-order valence-corrected chi connectivity index (χ4v) is 0.724. The van der Waals surface area contributed by atoms with Gasteiger partial charge in [0.15, 0.2) is 5.72 Å². The molecule has 1 N–H and O–H groups in total. The second kappa shape index (κ2) is 4.77. The summed E-state index contributed by atoms with van der Waals surface area (Å²) in [7, 11) is 0. The van der Waals surface area contributed by atoms with Gasteiger partial charge in [0.25, 0.3) is 0 Å². The predicted molar refractivity (Wildman–Crippen MR) is 57.9 cm³/mol. The van der Waals surface area contributed by atoms with Crippen LogP contribution in [0.3, 0.4) is 0 Å². The Morgan fingerprint density at radius 1 is 1.13 bits per heavy atom. The molecule has 0 unspecified atom stereocenters. The third-order valence-electron chi connectivity index (χ3n) is 1.50. The molecule has 0 aliphatic heterocycles. The van der Waals surface area contributed by atoms with Gasteiger partial charge in [-0.15, -0.1) is 0 Å². The molecule has 0 aliphatic rings. The zero-order valence-corrected chi connectivity index (χ0v) is 9.64. The van der Waals surface area contributed by atoms with E-state index in [9.17, 15) is 9.59 Å². The molecule has 15 heavy (non-hydrogen) atoms. The molecule has 84 valence electrons. The molecule has 0 bridgehead atoms. The normalized spacial score (nSPS) is 10.4. The first kappa shape index (κ1) is 13.4. The van der Waals surface area contributed by atoms with E-state index in [4.69, 9.17) is 4.74 Å². The summed E-state index contributed by atoms with van der Waals surface area (Å²) >= 11 is 0. The number of hydrogen-bond donors (Lipinski definition) is 1. The van der Waals surface area contributed by atoms with Gasteiger partial charge in [-0.25, -0.2) is 4.79 Å². The minimum Gasteiger partial charge on any atom is -0.436 e. The van der Waals surface area contributed by atoms with E-state index < -0.39 is 11.7 Å². The van der Waals surface area contributed by atoms with Crippen LogP contribution in [0, 0.1) is 0 Å². The third kappa shape index (κ3) is 5.00. The van der Waals surface area contributed by atoms with Crippen molar-refractivity contribution in [1.29, 1.82) is 0 Å². The quantitative estimate of drug-likeness (QED) is 0.436. The van der Waals surface area contributed by atoms with E-state index in [1.54, 1.807) is 27.7 Å². The summed E-state index contributed by atoms with van der Waals surface area (Å²) in [5, 5.41) is 2.52. The zero-order chi connectivity index (χ0) is 12.2. The number of carbonyl (C=O) groups is 2. The molecule has 4 heteroatoms. The largest absolute Gasteiger partial charge is 0.436 e. The first-order valence-electron chi connectivity index (χ1n) is 4.52. The fourth-order valence-electron chi connectivity index (χ4n) is 0.724. The van der Waals surface area contributed by atoms with Crippen LogP contribution in [-0.4, -0.2) is 17.6 Å². The van der Waals surface area contributed by atoms with Crippen molar-refractivity contribution in [2.75, 3.05) is 0 Å². The van der Waals surface area contributed by atoms with Gasteiger partial charge in [0.1, 0.15) is 0 Å². The fraction of sp³-hybridized carbons (Fsp3) is 0.455. The molecule has 0 rings (SSSR count). The van der Waals surface area contributed by atoms with Crippen LogP contribution in [0.4, 0.5) is 0 Å². The van der Waals surface area contributed by atoms with E-state index >= 15 is 0 Å². The van der Waals surface area contributed by atoms with Crippen molar-refractivity contribution in [2.45, 2.75) is 33.4 Å². The summed E-state index contributed by atoms with van der Waals surface area (Å²) in [6, 6.07) is 0. The number of hydrogen-bond acceptors (Lipinski definition) is 3. The van der Waals surface area contributed by atoms with Gasteiger partial charge >= 0.3 is 5.97 Å². The molecule has 0 spiro atoms. The smallest absolute Gasteiger partial charge is 0.335 e. The highest BCUT2D eigenvalue weighted by Gasteiger charge is 2.25. The molecule has 0 fully saturated rings. The van der Waals surface area contributed by atoms with Gasteiger partial charge in [0, 0.05) is 11.1 Å². The topological polar surface area (TPSA) is 55.4 Å². The standard InChI is InChI=1S/C11H17NO3/c1-7(2)9(13)12-11(5,6)15-10(14)8(3)4/h1,3H2,2,4-6H3,(H,12,13). The van der Waals surface area contributed by atoms with Gasteiger partial charge in [-0.2, -0.15) is 0 Å². The Kier molecular flexibility index (Phi) is 4.27. The van der Waals surface area contributed by atoms with Gasteiger partial charge in [-0.3, -0.25) is 4.79 Å². The third-order valence-corrected chi connectivity index (χ3v) is 1.50. The maximum absolute atomic E-state index is 11.3. The Hall–Kier alpha value is -1.58. The lowest BCUT2D eigenvalue weighted by molar-refractivity contribution is -0.156. The Morgan fingerprint density at radius 3 is 1.93 bits per heavy atom. The van der Waals surface area contributed by atoms with Crippen molar-refractivity contribution in [3.63, 3.8) is 0 Å². The molecular weight excluding hydrogens is 194 g/mol. The minimum absolute atomic E-state index is 0.285. The highest BCUT2D eigenvalue weighted by molar-refractivity contribution is 5.93. The molecule has 0 aliphatic carbocycles. The first-order chi connectivity index (χ1) is 6.65. The number of amides is 1. The summed E-state index contributed by atoms with van der Waals surface area (Å²) in [6.45, 7) is 13.2. The monoisotopic (exact) mass is 211 g/mol. The number of nitrogens with one attached hydrogen (secondary N) is 1. The van der Waals surface area contributed by atoms with Crippen molar-refractivity contribution in [2.24, 2.45) is 0 Å². The Bertz CT molecular complexity index is 286. The number of rotatable bonds is 4. The molecule has 0 saturated carbocycles.